The molecule has 2 aromatic rings. The molecule has 1 unspecified atom stereocenters. The Morgan fingerprint density at radius 1 is 1.20 bits per heavy atom. The van der Waals surface area contributed by atoms with Crippen LogP contribution in [0.2, 0.25) is 0 Å². The highest BCUT2D eigenvalue weighted by molar-refractivity contribution is 5.29. The Bertz CT molecular complexity index is 510. The fourth-order valence-corrected chi connectivity index (χ4v) is 2.09. The van der Waals surface area contributed by atoms with Crippen molar-refractivity contribution in [2.45, 2.75) is 32.4 Å². The number of nitrogens with zero attached hydrogens (tertiary/aromatic N) is 3. The van der Waals surface area contributed by atoms with Crippen molar-refractivity contribution in [1.29, 1.82) is 0 Å². The third-order valence-corrected chi connectivity index (χ3v) is 3.00. The van der Waals surface area contributed by atoms with Crippen molar-refractivity contribution in [2.75, 3.05) is 19.4 Å². The second-order valence-corrected chi connectivity index (χ2v) is 5.14. The van der Waals surface area contributed by atoms with Crippen molar-refractivity contribution in [1.82, 2.24) is 15.1 Å². The van der Waals surface area contributed by atoms with E-state index in [1.54, 1.807) is 0 Å². The summed E-state index contributed by atoms with van der Waals surface area (Å²) in [5.74, 6) is 0.626. The van der Waals surface area contributed by atoms with Crippen LogP contribution in [0.3, 0.4) is 0 Å². The van der Waals surface area contributed by atoms with E-state index in [4.69, 9.17) is 4.42 Å². The zero-order valence-electron chi connectivity index (χ0n) is 12.3. The first kappa shape index (κ1) is 14.5. The minimum atomic E-state index is 0.203. The van der Waals surface area contributed by atoms with Crippen LogP contribution in [0.1, 0.15) is 37.3 Å². The molecule has 1 atom stereocenters. The van der Waals surface area contributed by atoms with E-state index in [-0.39, 0.29) is 6.04 Å². The summed E-state index contributed by atoms with van der Waals surface area (Å²) in [4.78, 5) is 2.00. The predicted molar refractivity (Wildman–Crippen MR) is 79.4 cm³/mol. The molecule has 108 valence electrons. The summed E-state index contributed by atoms with van der Waals surface area (Å²) in [5.41, 5.74) is 1.24. The van der Waals surface area contributed by atoms with Crippen LogP contribution in [0.15, 0.2) is 34.7 Å². The fourth-order valence-electron chi connectivity index (χ4n) is 2.09. The van der Waals surface area contributed by atoms with Crippen LogP contribution in [0.4, 0.5) is 6.01 Å². The van der Waals surface area contributed by atoms with E-state index in [1.165, 1.54) is 5.56 Å². The standard InChI is InChI=1S/C15H22N4O/c1-4-8-13(12-9-6-5-7-10-12)16-15-18-17-14(20-15)11-19(2)3/h5-7,9-10,13H,4,8,11H2,1-3H3,(H,16,18). The molecule has 0 aliphatic carbocycles. The third-order valence-electron chi connectivity index (χ3n) is 3.00. The molecule has 5 heteroatoms. The summed E-state index contributed by atoms with van der Waals surface area (Å²) in [7, 11) is 3.95. The Hall–Kier alpha value is -1.88. The normalized spacial score (nSPS) is 12.6. The van der Waals surface area contributed by atoms with E-state index in [1.807, 2.05) is 37.2 Å². The minimum Gasteiger partial charge on any atom is -0.407 e. The molecule has 0 saturated heterocycles. The van der Waals surface area contributed by atoms with E-state index in [2.05, 4.69) is 34.6 Å². The van der Waals surface area contributed by atoms with Gasteiger partial charge in [0.25, 0.3) is 0 Å². The lowest BCUT2D eigenvalue weighted by Crippen LogP contribution is -2.11. The molecule has 1 N–H and O–H groups in total. The van der Waals surface area contributed by atoms with Gasteiger partial charge in [-0.2, -0.15) is 0 Å². The molecule has 1 heterocycles. The topological polar surface area (TPSA) is 54.2 Å². The van der Waals surface area contributed by atoms with Crippen molar-refractivity contribution in [3.05, 3.63) is 41.8 Å². The van der Waals surface area contributed by atoms with E-state index < -0.39 is 0 Å². The first-order valence-corrected chi connectivity index (χ1v) is 6.97. The van der Waals surface area contributed by atoms with Gasteiger partial charge in [-0.3, -0.25) is 0 Å². The molecule has 0 saturated carbocycles. The molecule has 0 amide bonds. The minimum absolute atomic E-state index is 0.203. The van der Waals surface area contributed by atoms with Crippen LogP contribution in [-0.4, -0.2) is 29.2 Å². The number of rotatable bonds is 7. The Kier molecular flexibility index (Phi) is 5.12. The first-order chi connectivity index (χ1) is 9.69. The van der Waals surface area contributed by atoms with E-state index in [9.17, 15) is 0 Å². The molecule has 0 radical (unpaired) electrons. The van der Waals surface area contributed by atoms with Crippen LogP contribution in [0, 0.1) is 0 Å². The van der Waals surface area contributed by atoms with Gasteiger partial charge in [0, 0.05) is 0 Å². The average molecular weight is 274 g/mol. The summed E-state index contributed by atoms with van der Waals surface area (Å²) in [6.07, 6.45) is 2.11. The SMILES string of the molecule is CCCC(Nc1nnc(CN(C)C)o1)c1ccccc1. The number of anilines is 1. The van der Waals surface area contributed by atoms with Gasteiger partial charge in [0.2, 0.25) is 5.89 Å². The number of benzene rings is 1. The Labute approximate surface area is 120 Å². The van der Waals surface area contributed by atoms with Gasteiger partial charge < -0.3 is 14.6 Å². The van der Waals surface area contributed by atoms with E-state index >= 15 is 0 Å². The number of nitrogens with one attached hydrogen (secondary N) is 1. The Balaban J connectivity index is 2.06. The fraction of sp³-hybridized carbons (Fsp3) is 0.467. The molecule has 0 aliphatic heterocycles. The number of hydrogen-bond donors (Lipinski definition) is 1. The lowest BCUT2D eigenvalue weighted by molar-refractivity contribution is 0.343. The summed E-state index contributed by atoms with van der Waals surface area (Å²) in [6, 6.07) is 11.0. The first-order valence-electron chi connectivity index (χ1n) is 6.97. The highest BCUT2D eigenvalue weighted by Crippen LogP contribution is 2.23. The predicted octanol–water partition coefficient (Wildman–Crippen LogP) is 3.08. The maximum atomic E-state index is 5.62. The Morgan fingerprint density at radius 3 is 2.60 bits per heavy atom. The van der Waals surface area contributed by atoms with Crippen molar-refractivity contribution in [3.8, 4) is 0 Å². The molecule has 0 fully saturated rings. The van der Waals surface area contributed by atoms with Gasteiger partial charge in [-0.05, 0) is 26.1 Å². The van der Waals surface area contributed by atoms with Crippen LogP contribution >= 0.6 is 0 Å². The smallest absolute Gasteiger partial charge is 0.315 e. The van der Waals surface area contributed by atoms with E-state index in [0.29, 0.717) is 18.5 Å². The van der Waals surface area contributed by atoms with Gasteiger partial charge in [-0.1, -0.05) is 48.8 Å². The highest BCUT2D eigenvalue weighted by atomic mass is 16.4. The molecular weight excluding hydrogens is 252 g/mol. The summed E-state index contributed by atoms with van der Waals surface area (Å²) in [6.45, 7) is 2.82. The van der Waals surface area contributed by atoms with Crippen molar-refractivity contribution in [3.63, 3.8) is 0 Å². The van der Waals surface area contributed by atoms with Crippen LogP contribution in [0.5, 0.6) is 0 Å². The van der Waals surface area contributed by atoms with Crippen LogP contribution in [0.25, 0.3) is 0 Å². The quantitative estimate of drug-likeness (QED) is 0.841. The second-order valence-electron chi connectivity index (χ2n) is 5.14. The van der Waals surface area contributed by atoms with Gasteiger partial charge in [-0.25, -0.2) is 0 Å². The zero-order chi connectivity index (χ0) is 14.4. The maximum Gasteiger partial charge on any atom is 0.315 e. The Morgan fingerprint density at radius 2 is 1.95 bits per heavy atom. The zero-order valence-corrected chi connectivity index (χ0v) is 12.3. The lowest BCUT2D eigenvalue weighted by Gasteiger charge is -2.16. The molecule has 1 aromatic carbocycles. The molecule has 1 aromatic heterocycles. The van der Waals surface area contributed by atoms with Gasteiger partial charge in [-0.15, -0.1) is 5.10 Å². The van der Waals surface area contributed by atoms with Gasteiger partial charge in [0.1, 0.15) is 0 Å². The summed E-state index contributed by atoms with van der Waals surface area (Å²) in [5, 5.41) is 11.4. The molecule has 20 heavy (non-hydrogen) atoms. The lowest BCUT2D eigenvalue weighted by atomic mass is 10.0. The van der Waals surface area contributed by atoms with Crippen molar-refractivity contribution in [2.24, 2.45) is 0 Å². The van der Waals surface area contributed by atoms with Gasteiger partial charge in [0.05, 0.1) is 12.6 Å². The van der Waals surface area contributed by atoms with Crippen molar-refractivity contribution >= 4 is 6.01 Å². The highest BCUT2D eigenvalue weighted by Gasteiger charge is 2.14. The summed E-state index contributed by atoms with van der Waals surface area (Å²) < 4.78 is 5.62. The van der Waals surface area contributed by atoms with Crippen molar-refractivity contribution < 1.29 is 4.42 Å². The van der Waals surface area contributed by atoms with Gasteiger partial charge >= 0.3 is 6.01 Å². The van der Waals surface area contributed by atoms with E-state index in [0.717, 1.165) is 12.8 Å². The van der Waals surface area contributed by atoms with Gasteiger partial charge in [0.15, 0.2) is 0 Å². The average Bonchev–Trinajstić information content (AvgIpc) is 2.86. The second kappa shape index (κ2) is 7.05. The number of aromatic nitrogens is 2. The molecule has 0 spiro atoms. The van der Waals surface area contributed by atoms with Crippen LogP contribution < -0.4 is 5.32 Å². The molecule has 5 nitrogen and oxygen atoms in total. The third kappa shape index (κ3) is 4.06. The molecular formula is C15H22N4O. The number of hydrogen-bond acceptors (Lipinski definition) is 5. The maximum absolute atomic E-state index is 5.62. The molecule has 0 aliphatic rings. The van der Waals surface area contributed by atoms with Crippen LogP contribution in [-0.2, 0) is 6.54 Å². The summed E-state index contributed by atoms with van der Waals surface area (Å²) >= 11 is 0. The molecule has 0 bridgehead atoms. The monoisotopic (exact) mass is 274 g/mol. The molecule has 2 rings (SSSR count). The largest absolute Gasteiger partial charge is 0.407 e.